The SMILES string of the molecule is C/C(=C(\c1cccc(C)n1)c1ccnc(NC(C)C)n1)C(C)C. The predicted octanol–water partition coefficient (Wildman–Crippen LogP) is 4.48. The van der Waals surface area contributed by atoms with E-state index in [1.807, 2.05) is 31.2 Å². The van der Waals surface area contributed by atoms with Crippen LogP contribution in [0.15, 0.2) is 36.0 Å². The topological polar surface area (TPSA) is 50.7 Å². The molecule has 0 aromatic carbocycles. The van der Waals surface area contributed by atoms with Crippen LogP contribution < -0.4 is 5.32 Å². The number of aromatic nitrogens is 3. The van der Waals surface area contributed by atoms with Crippen LogP contribution in [-0.4, -0.2) is 21.0 Å². The van der Waals surface area contributed by atoms with Crippen LogP contribution in [0.25, 0.3) is 5.57 Å². The molecule has 23 heavy (non-hydrogen) atoms. The molecule has 0 spiro atoms. The van der Waals surface area contributed by atoms with Gasteiger partial charge >= 0.3 is 0 Å². The number of hydrogen-bond acceptors (Lipinski definition) is 4. The molecule has 2 heterocycles. The number of nitrogens with zero attached hydrogens (tertiary/aromatic N) is 3. The van der Waals surface area contributed by atoms with E-state index in [-0.39, 0.29) is 0 Å². The highest BCUT2D eigenvalue weighted by Gasteiger charge is 2.15. The van der Waals surface area contributed by atoms with Gasteiger partial charge in [-0.1, -0.05) is 25.5 Å². The lowest BCUT2D eigenvalue weighted by Gasteiger charge is -2.16. The molecule has 0 aliphatic heterocycles. The summed E-state index contributed by atoms with van der Waals surface area (Å²) in [4.78, 5) is 13.7. The Balaban J connectivity index is 2.58. The maximum atomic E-state index is 4.71. The molecule has 0 bridgehead atoms. The Morgan fingerprint density at radius 3 is 2.30 bits per heavy atom. The second-order valence-electron chi connectivity index (χ2n) is 6.44. The van der Waals surface area contributed by atoms with E-state index in [4.69, 9.17) is 9.97 Å². The first kappa shape index (κ1) is 17.1. The van der Waals surface area contributed by atoms with Crippen LogP contribution in [0.5, 0.6) is 0 Å². The average molecular weight is 310 g/mol. The molecule has 0 fully saturated rings. The van der Waals surface area contributed by atoms with Crippen molar-refractivity contribution < 1.29 is 0 Å². The zero-order valence-electron chi connectivity index (χ0n) is 14.9. The predicted molar refractivity (Wildman–Crippen MR) is 96.3 cm³/mol. The molecular formula is C19H26N4. The maximum absolute atomic E-state index is 4.71. The number of anilines is 1. The van der Waals surface area contributed by atoms with Crippen molar-refractivity contribution in [1.29, 1.82) is 0 Å². The molecule has 122 valence electrons. The number of rotatable bonds is 5. The minimum absolute atomic E-state index is 0.293. The summed E-state index contributed by atoms with van der Waals surface area (Å²) in [6.45, 7) is 12.7. The molecule has 4 heteroatoms. The highest BCUT2D eigenvalue weighted by atomic mass is 15.1. The van der Waals surface area contributed by atoms with Crippen molar-refractivity contribution in [3.05, 3.63) is 53.1 Å². The minimum atomic E-state index is 0.293. The van der Waals surface area contributed by atoms with E-state index in [2.05, 4.69) is 44.9 Å². The fraction of sp³-hybridized carbons (Fsp3) is 0.421. The van der Waals surface area contributed by atoms with Gasteiger partial charge in [-0.25, -0.2) is 9.97 Å². The summed E-state index contributed by atoms with van der Waals surface area (Å²) in [5.74, 6) is 1.07. The number of aryl methyl sites for hydroxylation is 1. The first-order chi connectivity index (χ1) is 10.9. The summed E-state index contributed by atoms with van der Waals surface area (Å²) in [5.41, 5.74) is 5.25. The number of hydrogen-bond donors (Lipinski definition) is 1. The van der Waals surface area contributed by atoms with Crippen molar-refractivity contribution in [2.75, 3.05) is 5.32 Å². The second kappa shape index (κ2) is 7.36. The molecule has 4 nitrogen and oxygen atoms in total. The van der Waals surface area contributed by atoms with Crippen LogP contribution in [-0.2, 0) is 0 Å². The summed E-state index contributed by atoms with van der Waals surface area (Å²) >= 11 is 0. The van der Waals surface area contributed by atoms with Gasteiger partial charge in [0, 0.05) is 23.5 Å². The zero-order valence-corrected chi connectivity index (χ0v) is 14.9. The molecule has 1 N–H and O–H groups in total. The Bertz CT molecular complexity index is 702. The van der Waals surface area contributed by atoms with E-state index in [1.54, 1.807) is 6.20 Å². The largest absolute Gasteiger partial charge is 0.352 e. The highest BCUT2D eigenvalue weighted by Crippen LogP contribution is 2.28. The molecule has 0 atom stereocenters. The smallest absolute Gasteiger partial charge is 0.223 e. The summed E-state index contributed by atoms with van der Waals surface area (Å²) in [6.07, 6.45) is 1.80. The standard InChI is InChI=1S/C19H26N4/c1-12(2)15(6)18(16-9-7-8-14(5)22-16)17-10-11-20-19(23-17)21-13(3)4/h7-13H,1-6H3,(H,20,21,23)/b18-15-. The van der Waals surface area contributed by atoms with Gasteiger partial charge < -0.3 is 5.32 Å². The van der Waals surface area contributed by atoms with E-state index >= 15 is 0 Å². The molecule has 0 unspecified atom stereocenters. The molecule has 0 amide bonds. The molecule has 0 aliphatic carbocycles. The Labute approximate surface area is 139 Å². The van der Waals surface area contributed by atoms with Gasteiger partial charge in [0.15, 0.2) is 0 Å². The molecule has 0 aliphatic rings. The molecule has 2 aromatic rings. The van der Waals surface area contributed by atoms with Gasteiger partial charge in [0.2, 0.25) is 5.95 Å². The third-order valence-electron chi connectivity index (χ3n) is 3.73. The molecule has 0 radical (unpaired) electrons. The lowest BCUT2D eigenvalue weighted by Crippen LogP contribution is -2.13. The Morgan fingerprint density at radius 2 is 1.70 bits per heavy atom. The van der Waals surface area contributed by atoms with Crippen LogP contribution in [0.3, 0.4) is 0 Å². The van der Waals surface area contributed by atoms with Gasteiger partial charge in [-0.15, -0.1) is 0 Å². The zero-order chi connectivity index (χ0) is 17.0. The lowest BCUT2D eigenvalue weighted by atomic mass is 9.94. The van der Waals surface area contributed by atoms with Crippen LogP contribution in [0.2, 0.25) is 0 Å². The normalized spacial score (nSPS) is 12.5. The second-order valence-corrected chi connectivity index (χ2v) is 6.44. The number of nitrogens with one attached hydrogen (secondary N) is 1. The van der Waals surface area contributed by atoms with Crippen molar-refractivity contribution in [3.8, 4) is 0 Å². The highest BCUT2D eigenvalue weighted by molar-refractivity contribution is 5.78. The van der Waals surface area contributed by atoms with Gasteiger partial charge in [0.1, 0.15) is 0 Å². The van der Waals surface area contributed by atoms with E-state index in [0.29, 0.717) is 17.9 Å². The van der Waals surface area contributed by atoms with Crippen LogP contribution in [0.4, 0.5) is 5.95 Å². The van der Waals surface area contributed by atoms with Crippen molar-refractivity contribution in [3.63, 3.8) is 0 Å². The first-order valence-electron chi connectivity index (χ1n) is 8.13. The number of allylic oxidation sites excluding steroid dienone is 1. The average Bonchev–Trinajstić information content (AvgIpc) is 2.47. The van der Waals surface area contributed by atoms with E-state index in [9.17, 15) is 0 Å². The third-order valence-corrected chi connectivity index (χ3v) is 3.73. The quantitative estimate of drug-likeness (QED) is 0.884. The fourth-order valence-electron chi connectivity index (χ4n) is 2.33. The Morgan fingerprint density at radius 1 is 1.00 bits per heavy atom. The van der Waals surface area contributed by atoms with Crippen LogP contribution >= 0.6 is 0 Å². The molecule has 0 saturated carbocycles. The molecular weight excluding hydrogens is 284 g/mol. The third kappa shape index (κ3) is 4.38. The summed E-state index contributed by atoms with van der Waals surface area (Å²) in [5, 5.41) is 3.27. The molecule has 0 saturated heterocycles. The van der Waals surface area contributed by atoms with E-state index in [0.717, 1.165) is 22.7 Å². The van der Waals surface area contributed by atoms with Gasteiger partial charge in [-0.2, -0.15) is 0 Å². The van der Waals surface area contributed by atoms with Gasteiger partial charge in [-0.3, -0.25) is 4.98 Å². The number of pyridine rings is 1. The first-order valence-corrected chi connectivity index (χ1v) is 8.13. The van der Waals surface area contributed by atoms with E-state index in [1.165, 1.54) is 5.57 Å². The Kier molecular flexibility index (Phi) is 5.48. The summed E-state index contributed by atoms with van der Waals surface area (Å²) in [6, 6.07) is 8.35. The van der Waals surface area contributed by atoms with Gasteiger partial charge in [-0.05, 0) is 51.8 Å². The summed E-state index contributed by atoms with van der Waals surface area (Å²) < 4.78 is 0. The Hall–Kier alpha value is -2.23. The lowest BCUT2D eigenvalue weighted by molar-refractivity contribution is 0.770. The van der Waals surface area contributed by atoms with Crippen molar-refractivity contribution in [2.45, 2.75) is 47.6 Å². The van der Waals surface area contributed by atoms with Gasteiger partial charge in [0.05, 0.1) is 11.4 Å². The minimum Gasteiger partial charge on any atom is -0.352 e. The molecule has 2 aromatic heterocycles. The van der Waals surface area contributed by atoms with Crippen molar-refractivity contribution >= 4 is 11.5 Å². The van der Waals surface area contributed by atoms with Crippen LogP contribution in [0.1, 0.15) is 51.7 Å². The fourth-order valence-corrected chi connectivity index (χ4v) is 2.33. The van der Waals surface area contributed by atoms with Gasteiger partial charge in [0.25, 0.3) is 0 Å². The van der Waals surface area contributed by atoms with E-state index < -0.39 is 0 Å². The molecule has 2 rings (SSSR count). The van der Waals surface area contributed by atoms with Crippen LogP contribution in [0, 0.1) is 12.8 Å². The maximum Gasteiger partial charge on any atom is 0.223 e. The monoisotopic (exact) mass is 310 g/mol. The van der Waals surface area contributed by atoms with Crippen molar-refractivity contribution in [2.24, 2.45) is 5.92 Å². The van der Waals surface area contributed by atoms with Crippen molar-refractivity contribution in [1.82, 2.24) is 15.0 Å². The summed E-state index contributed by atoms with van der Waals surface area (Å²) in [7, 11) is 0.